The molecule has 0 bridgehead atoms. The molecule has 136 valence electrons. The van der Waals surface area contributed by atoms with Gasteiger partial charge in [-0.2, -0.15) is 10.2 Å². The number of hydrogen-bond donors (Lipinski definition) is 1. The molecule has 3 aromatic rings. The Morgan fingerprint density at radius 1 is 1.08 bits per heavy atom. The van der Waals surface area contributed by atoms with Gasteiger partial charge in [0.05, 0.1) is 22.6 Å². The van der Waals surface area contributed by atoms with E-state index in [1.165, 1.54) is 5.56 Å². The third kappa shape index (κ3) is 3.54. The standard InChI is InChI=1S/C20H25N5O/c1-13-12-14(2)25(22-13)18-8-6-17(7-9-18)10-11-21-20(26)19-15(3)23-24(5)16(19)4/h6-9,12H,10-11H2,1-5H3,(H,21,26). The van der Waals surface area contributed by atoms with Crippen LogP contribution >= 0.6 is 0 Å². The highest BCUT2D eigenvalue weighted by Gasteiger charge is 2.16. The number of aromatic nitrogens is 4. The first kappa shape index (κ1) is 17.9. The van der Waals surface area contributed by atoms with Crippen molar-refractivity contribution in [1.82, 2.24) is 24.9 Å². The van der Waals surface area contributed by atoms with Crippen molar-refractivity contribution in [2.75, 3.05) is 6.54 Å². The van der Waals surface area contributed by atoms with E-state index in [2.05, 4.69) is 45.8 Å². The lowest BCUT2D eigenvalue weighted by Gasteiger charge is -2.08. The predicted octanol–water partition coefficient (Wildman–Crippen LogP) is 2.81. The number of benzene rings is 1. The first-order valence-electron chi connectivity index (χ1n) is 8.78. The van der Waals surface area contributed by atoms with Crippen molar-refractivity contribution < 1.29 is 4.79 Å². The Hall–Kier alpha value is -2.89. The number of nitrogens with zero attached hydrogens (tertiary/aromatic N) is 4. The maximum Gasteiger partial charge on any atom is 0.255 e. The van der Waals surface area contributed by atoms with Crippen LogP contribution in [0.15, 0.2) is 30.3 Å². The SMILES string of the molecule is Cc1cc(C)n(-c2ccc(CCNC(=O)c3c(C)nn(C)c3C)cc2)n1. The van der Waals surface area contributed by atoms with Crippen LogP contribution in [-0.4, -0.2) is 32.0 Å². The number of aryl methyl sites for hydroxylation is 4. The Labute approximate surface area is 153 Å². The molecular weight excluding hydrogens is 326 g/mol. The zero-order chi connectivity index (χ0) is 18.8. The van der Waals surface area contributed by atoms with Crippen LogP contribution in [0.3, 0.4) is 0 Å². The highest BCUT2D eigenvalue weighted by atomic mass is 16.1. The molecule has 0 aliphatic heterocycles. The largest absolute Gasteiger partial charge is 0.352 e. The average Bonchev–Trinajstić information content (AvgIpc) is 3.06. The highest BCUT2D eigenvalue weighted by Crippen LogP contribution is 2.14. The highest BCUT2D eigenvalue weighted by molar-refractivity contribution is 5.96. The van der Waals surface area contributed by atoms with Gasteiger partial charge in [-0.15, -0.1) is 0 Å². The molecule has 0 unspecified atom stereocenters. The number of nitrogens with one attached hydrogen (secondary N) is 1. The Morgan fingerprint density at radius 2 is 1.77 bits per heavy atom. The lowest BCUT2D eigenvalue weighted by molar-refractivity contribution is 0.0953. The van der Waals surface area contributed by atoms with Gasteiger partial charge in [-0.05, 0) is 57.9 Å². The van der Waals surface area contributed by atoms with Crippen LogP contribution in [0.25, 0.3) is 5.69 Å². The predicted molar refractivity (Wildman–Crippen MR) is 102 cm³/mol. The van der Waals surface area contributed by atoms with Gasteiger partial charge >= 0.3 is 0 Å². The zero-order valence-corrected chi connectivity index (χ0v) is 16.0. The van der Waals surface area contributed by atoms with E-state index in [1.54, 1.807) is 4.68 Å². The molecule has 6 nitrogen and oxygen atoms in total. The molecule has 0 fully saturated rings. The third-order valence-corrected chi connectivity index (χ3v) is 4.63. The summed E-state index contributed by atoms with van der Waals surface area (Å²) in [5.41, 5.74) is 6.67. The van der Waals surface area contributed by atoms with Crippen LogP contribution in [0.5, 0.6) is 0 Å². The van der Waals surface area contributed by atoms with Gasteiger partial charge in [0.1, 0.15) is 0 Å². The summed E-state index contributed by atoms with van der Waals surface area (Å²) in [6.45, 7) is 8.40. The quantitative estimate of drug-likeness (QED) is 0.769. The van der Waals surface area contributed by atoms with E-state index < -0.39 is 0 Å². The number of rotatable bonds is 5. The minimum absolute atomic E-state index is 0.0626. The van der Waals surface area contributed by atoms with Crippen molar-refractivity contribution in [2.45, 2.75) is 34.1 Å². The van der Waals surface area contributed by atoms with Crippen molar-refractivity contribution in [3.8, 4) is 5.69 Å². The molecule has 1 N–H and O–H groups in total. The molecule has 2 aromatic heterocycles. The van der Waals surface area contributed by atoms with Crippen molar-refractivity contribution in [1.29, 1.82) is 0 Å². The molecule has 1 aromatic carbocycles. The van der Waals surface area contributed by atoms with E-state index in [-0.39, 0.29) is 5.91 Å². The lowest BCUT2D eigenvalue weighted by Crippen LogP contribution is -2.26. The van der Waals surface area contributed by atoms with Gasteiger partial charge in [0.25, 0.3) is 5.91 Å². The van der Waals surface area contributed by atoms with Gasteiger partial charge in [-0.1, -0.05) is 12.1 Å². The number of amides is 1. The van der Waals surface area contributed by atoms with E-state index in [9.17, 15) is 4.79 Å². The van der Waals surface area contributed by atoms with Crippen LogP contribution < -0.4 is 5.32 Å². The second-order valence-electron chi connectivity index (χ2n) is 6.68. The van der Waals surface area contributed by atoms with Crippen LogP contribution in [0.4, 0.5) is 0 Å². The molecule has 2 heterocycles. The Balaban J connectivity index is 1.60. The maximum atomic E-state index is 12.4. The second-order valence-corrected chi connectivity index (χ2v) is 6.68. The van der Waals surface area contributed by atoms with E-state index in [1.807, 2.05) is 39.4 Å². The van der Waals surface area contributed by atoms with Crippen LogP contribution in [-0.2, 0) is 13.5 Å². The van der Waals surface area contributed by atoms with E-state index in [4.69, 9.17) is 0 Å². The summed E-state index contributed by atoms with van der Waals surface area (Å²) in [6.07, 6.45) is 0.779. The molecule has 1 amide bonds. The molecule has 0 saturated heterocycles. The van der Waals surface area contributed by atoms with Crippen molar-refractivity contribution in [2.24, 2.45) is 7.05 Å². The zero-order valence-electron chi connectivity index (χ0n) is 16.0. The fraction of sp³-hybridized carbons (Fsp3) is 0.350. The minimum atomic E-state index is -0.0626. The van der Waals surface area contributed by atoms with Gasteiger partial charge in [0, 0.05) is 25.0 Å². The fourth-order valence-corrected chi connectivity index (χ4v) is 3.21. The molecule has 0 aliphatic rings. The summed E-state index contributed by atoms with van der Waals surface area (Å²) in [5, 5.41) is 11.8. The summed E-state index contributed by atoms with van der Waals surface area (Å²) < 4.78 is 3.68. The topological polar surface area (TPSA) is 64.7 Å². The van der Waals surface area contributed by atoms with Crippen LogP contribution in [0.1, 0.15) is 38.7 Å². The Bertz CT molecular complexity index is 934. The molecule has 0 radical (unpaired) electrons. The smallest absolute Gasteiger partial charge is 0.255 e. The van der Waals surface area contributed by atoms with E-state index >= 15 is 0 Å². The lowest BCUT2D eigenvalue weighted by atomic mass is 10.1. The van der Waals surface area contributed by atoms with Gasteiger partial charge < -0.3 is 5.32 Å². The number of carbonyl (C=O) groups is 1. The summed E-state index contributed by atoms with van der Waals surface area (Å²) >= 11 is 0. The van der Waals surface area contributed by atoms with Crippen LogP contribution in [0, 0.1) is 27.7 Å². The number of carbonyl (C=O) groups excluding carboxylic acids is 1. The maximum absolute atomic E-state index is 12.4. The second kappa shape index (κ2) is 7.15. The fourth-order valence-electron chi connectivity index (χ4n) is 3.21. The summed E-state index contributed by atoms with van der Waals surface area (Å²) in [6, 6.07) is 10.3. The molecule has 0 aliphatic carbocycles. The molecule has 6 heteroatoms. The summed E-state index contributed by atoms with van der Waals surface area (Å²) in [5.74, 6) is -0.0626. The van der Waals surface area contributed by atoms with Gasteiger partial charge in [-0.25, -0.2) is 4.68 Å². The van der Waals surface area contributed by atoms with Crippen molar-refractivity contribution in [3.63, 3.8) is 0 Å². The number of hydrogen-bond acceptors (Lipinski definition) is 3. The summed E-state index contributed by atoms with van der Waals surface area (Å²) in [7, 11) is 1.85. The summed E-state index contributed by atoms with van der Waals surface area (Å²) in [4.78, 5) is 12.4. The van der Waals surface area contributed by atoms with Crippen LogP contribution in [0.2, 0.25) is 0 Å². The van der Waals surface area contributed by atoms with Gasteiger partial charge in [0.2, 0.25) is 0 Å². The van der Waals surface area contributed by atoms with Crippen molar-refractivity contribution >= 4 is 5.91 Å². The monoisotopic (exact) mass is 351 g/mol. The third-order valence-electron chi connectivity index (χ3n) is 4.63. The Kier molecular flexibility index (Phi) is 4.93. The average molecular weight is 351 g/mol. The van der Waals surface area contributed by atoms with E-state index in [0.717, 1.165) is 34.9 Å². The molecule has 0 saturated carbocycles. The van der Waals surface area contributed by atoms with Gasteiger partial charge in [0.15, 0.2) is 0 Å². The first-order valence-corrected chi connectivity index (χ1v) is 8.78. The normalized spacial score (nSPS) is 11.0. The molecule has 3 rings (SSSR count). The Morgan fingerprint density at radius 3 is 2.31 bits per heavy atom. The van der Waals surface area contributed by atoms with Crippen molar-refractivity contribution in [3.05, 3.63) is 64.2 Å². The minimum Gasteiger partial charge on any atom is -0.352 e. The van der Waals surface area contributed by atoms with E-state index in [0.29, 0.717) is 12.1 Å². The first-order chi connectivity index (χ1) is 12.4. The van der Waals surface area contributed by atoms with Gasteiger partial charge in [-0.3, -0.25) is 9.48 Å². The molecular formula is C20H25N5O. The molecule has 26 heavy (non-hydrogen) atoms. The molecule has 0 spiro atoms. The molecule has 0 atom stereocenters.